The van der Waals surface area contributed by atoms with E-state index in [1.165, 1.54) is 24.3 Å². The number of aliphatic carboxylic acids is 1. The minimum absolute atomic E-state index is 0.0530. The van der Waals surface area contributed by atoms with Gasteiger partial charge in [-0.25, -0.2) is 0 Å². The standard InChI is InChI=1S/C26H27F6NO2/c1-2-3-4-22(18-5-9-20(10-6-18)25(27,28)29)33-14-13-17(16-24(34)35)15-23(33)19-7-11-21(12-8-19)26(30,31)32/h2,5-12,17,22-23H,1,3-4,13-16H2,(H,34,35)/t17-,22+,23-/m0/s1. The molecule has 1 aliphatic heterocycles. The summed E-state index contributed by atoms with van der Waals surface area (Å²) < 4.78 is 78.5. The summed E-state index contributed by atoms with van der Waals surface area (Å²) in [4.78, 5) is 13.4. The van der Waals surface area contributed by atoms with Gasteiger partial charge in [0.1, 0.15) is 0 Å². The van der Waals surface area contributed by atoms with Crippen LogP contribution in [0.2, 0.25) is 0 Å². The number of halogens is 6. The first-order valence-electron chi connectivity index (χ1n) is 11.3. The number of hydrogen-bond acceptors (Lipinski definition) is 2. The number of rotatable bonds is 8. The van der Waals surface area contributed by atoms with Crippen LogP contribution in [0.5, 0.6) is 0 Å². The molecule has 2 aromatic rings. The third-order valence-corrected chi connectivity index (χ3v) is 6.51. The number of benzene rings is 2. The Kier molecular flexibility index (Phi) is 8.30. The van der Waals surface area contributed by atoms with Gasteiger partial charge in [0, 0.05) is 18.5 Å². The molecular formula is C26H27F6NO2. The van der Waals surface area contributed by atoms with Crippen LogP contribution in [0.25, 0.3) is 0 Å². The topological polar surface area (TPSA) is 40.5 Å². The van der Waals surface area contributed by atoms with E-state index in [0.29, 0.717) is 43.4 Å². The molecule has 3 rings (SSSR count). The molecule has 0 radical (unpaired) electrons. The smallest absolute Gasteiger partial charge is 0.416 e. The normalized spacial score (nSPS) is 20.4. The molecule has 35 heavy (non-hydrogen) atoms. The number of carboxylic acid groups (broad SMARTS) is 1. The van der Waals surface area contributed by atoms with Gasteiger partial charge in [0.2, 0.25) is 0 Å². The van der Waals surface area contributed by atoms with Crippen molar-refractivity contribution in [2.45, 2.75) is 56.5 Å². The summed E-state index contributed by atoms with van der Waals surface area (Å²) in [6.07, 6.45) is -5.17. The zero-order chi connectivity index (χ0) is 25.8. The van der Waals surface area contributed by atoms with E-state index in [1.807, 2.05) is 0 Å². The van der Waals surface area contributed by atoms with Gasteiger partial charge in [0.25, 0.3) is 0 Å². The molecule has 1 fully saturated rings. The zero-order valence-corrected chi connectivity index (χ0v) is 18.9. The fourth-order valence-corrected chi connectivity index (χ4v) is 4.78. The lowest BCUT2D eigenvalue weighted by Crippen LogP contribution is -2.40. The van der Waals surface area contributed by atoms with E-state index < -0.39 is 29.4 Å². The first-order chi connectivity index (χ1) is 16.4. The van der Waals surface area contributed by atoms with Gasteiger partial charge >= 0.3 is 18.3 Å². The van der Waals surface area contributed by atoms with E-state index in [0.717, 1.165) is 24.3 Å². The van der Waals surface area contributed by atoms with Gasteiger partial charge in [-0.15, -0.1) is 6.58 Å². The lowest BCUT2D eigenvalue weighted by atomic mass is 9.82. The molecule has 0 aromatic heterocycles. The van der Waals surface area contributed by atoms with Crippen molar-refractivity contribution in [3.63, 3.8) is 0 Å². The van der Waals surface area contributed by atoms with Gasteiger partial charge in [-0.05, 0) is 73.5 Å². The van der Waals surface area contributed by atoms with Gasteiger partial charge in [-0.3, -0.25) is 9.69 Å². The summed E-state index contributed by atoms with van der Waals surface area (Å²) in [6.45, 7) is 4.20. The molecule has 1 saturated heterocycles. The third-order valence-electron chi connectivity index (χ3n) is 6.51. The molecule has 0 amide bonds. The Balaban J connectivity index is 1.98. The number of alkyl halides is 6. The molecule has 1 N–H and O–H groups in total. The predicted octanol–water partition coefficient (Wildman–Crippen LogP) is 7.66. The van der Waals surface area contributed by atoms with Crippen LogP contribution in [0.1, 0.15) is 66.4 Å². The molecule has 9 heteroatoms. The number of piperidine rings is 1. The molecule has 1 aliphatic rings. The number of nitrogens with zero attached hydrogens (tertiary/aromatic N) is 1. The van der Waals surface area contributed by atoms with E-state index >= 15 is 0 Å². The van der Waals surface area contributed by atoms with Gasteiger partial charge < -0.3 is 5.11 Å². The number of carbonyl (C=O) groups is 1. The quantitative estimate of drug-likeness (QED) is 0.299. The highest BCUT2D eigenvalue weighted by atomic mass is 19.4. The lowest BCUT2D eigenvalue weighted by Gasteiger charge is -2.44. The van der Waals surface area contributed by atoms with Gasteiger partial charge in [-0.1, -0.05) is 30.3 Å². The summed E-state index contributed by atoms with van der Waals surface area (Å²) in [6, 6.07) is 9.05. The molecule has 0 bridgehead atoms. The Hall–Kier alpha value is -2.81. The summed E-state index contributed by atoms with van der Waals surface area (Å²) in [5, 5.41) is 9.27. The monoisotopic (exact) mass is 499 g/mol. The number of carboxylic acids is 1. The minimum Gasteiger partial charge on any atom is -0.481 e. The highest BCUT2D eigenvalue weighted by Crippen LogP contribution is 2.43. The lowest BCUT2D eigenvalue weighted by molar-refractivity contribution is -0.139. The van der Waals surface area contributed by atoms with Gasteiger partial charge in [0.15, 0.2) is 0 Å². The second-order valence-corrected chi connectivity index (χ2v) is 8.86. The largest absolute Gasteiger partial charge is 0.481 e. The fraction of sp³-hybridized carbons (Fsp3) is 0.423. The van der Waals surface area contributed by atoms with Crippen LogP contribution in [0, 0.1) is 5.92 Å². The van der Waals surface area contributed by atoms with E-state index in [2.05, 4.69) is 11.5 Å². The SMILES string of the molecule is C=CCC[C@H](c1ccc(C(F)(F)F)cc1)N1CC[C@H](CC(=O)O)C[C@H]1c1ccc(C(F)(F)F)cc1. The summed E-state index contributed by atoms with van der Waals surface area (Å²) >= 11 is 0. The second-order valence-electron chi connectivity index (χ2n) is 8.86. The molecule has 1 heterocycles. The van der Waals surface area contributed by atoms with E-state index in [-0.39, 0.29) is 24.4 Å². The van der Waals surface area contributed by atoms with E-state index in [9.17, 15) is 36.2 Å². The Morgan fingerprint density at radius 1 is 1.00 bits per heavy atom. The van der Waals surface area contributed by atoms with Crippen molar-refractivity contribution in [1.82, 2.24) is 4.90 Å². The van der Waals surface area contributed by atoms with Crippen molar-refractivity contribution >= 4 is 5.97 Å². The Morgan fingerprint density at radius 2 is 1.54 bits per heavy atom. The van der Waals surface area contributed by atoms with Gasteiger partial charge in [-0.2, -0.15) is 26.3 Å². The molecule has 0 saturated carbocycles. The molecule has 2 aromatic carbocycles. The van der Waals surface area contributed by atoms with E-state index in [4.69, 9.17) is 0 Å². The van der Waals surface area contributed by atoms with Crippen molar-refractivity contribution in [1.29, 1.82) is 0 Å². The maximum atomic E-state index is 13.1. The summed E-state index contributed by atoms with van der Waals surface area (Å²) in [5.74, 6) is -1.11. The number of allylic oxidation sites excluding steroid dienone is 1. The molecular weight excluding hydrogens is 472 g/mol. The average Bonchev–Trinajstić information content (AvgIpc) is 2.79. The van der Waals surface area contributed by atoms with Crippen molar-refractivity contribution in [3.05, 3.63) is 83.4 Å². The predicted molar refractivity (Wildman–Crippen MR) is 119 cm³/mol. The molecule has 190 valence electrons. The highest BCUT2D eigenvalue weighted by Gasteiger charge is 2.37. The molecule has 0 aliphatic carbocycles. The van der Waals surface area contributed by atoms with Crippen LogP contribution >= 0.6 is 0 Å². The number of likely N-dealkylation sites (tertiary alicyclic amines) is 1. The molecule has 3 nitrogen and oxygen atoms in total. The first-order valence-corrected chi connectivity index (χ1v) is 11.3. The van der Waals surface area contributed by atoms with Crippen molar-refractivity contribution < 1.29 is 36.2 Å². The van der Waals surface area contributed by atoms with Crippen molar-refractivity contribution in [3.8, 4) is 0 Å². The molecule has 0 unspecified atom stereocenters. The van der Waals surface area contributed by atoms with Crippen LogP contribution in [0.4, 0.5) is 26.3 Å². The van der Waals surface area contributed by atoms with Crippen LogP contribution in [0.15, 0.2) is 61.2 Å². The van der Waals surface area contributed by atoms with Crippen LogP contribution in [-0.4, -0.2) is 22.5 Å². The van der Waals surface area contributed by atoms with Crippen LogP contribution in [-0.2, 0) is 17.1 Å². The highest BCUT2D eigenvalue weighted by molar-refractivity contribution is 5.67. The van der Waals surface area contributed by atoms with Crippen molar-refractivity contribution in [2.75, 3.05) is 6.54 Å². The molecule has 0 spiro atoms. The fourth-order valence-electron chi connectivity index (χ4n) is 4.78. The number of hydrogen-bond donors (Lipinski definition) is 1. The first kappa shape index (κ1) is 26.8. The minimum atomic E-state index is -4.48. The van der Waals surface area contributed by atoms with E-state index in [1.54, 1.807) is 6.08 Å². The third kappa shape index (κ3) is 6.87. The maximum absolute atomic E-state index is 13.1. The Labute approximate surface area is 200 Å². The average molecular weight is 499 g/mol. The van der Waals surface area contributed by atoms with Crippen LogP contribution in [0.3, 0.4) is 0 Å². The van der Waals surface area contributed by atoms with Crippen molar-refractivity contribution in [2.24, 2.45) is 5.92 Å². The zero-order valence-electron chi connectivity index (χ0n) is 18.9. The summed E-state index contributed by atoms with van der Waals surface area (Å²) in [5.41, 5.74) is -0.267. The van der Waals surface area contributed by atoms with Gasteiger partial charge in [0.05, 0.1) is 11.1 Å². The second kappa shape index (κ2) is 10.8. The maximum Gasteiger partial charge on any atom is 0.416 e. The van der Waals surface area contributed by atoms with Crippen LogP contribution < -0.4 is 0 Å². The Morgan fingerprint density at radius 3 is 2.03 bits per heavy atom. The molecule has 3 atom stereocenters. The Bertz CT molecular complexity index is 998. The summed E-state index contributed by atoms with van der Waals surface area (Å²) in [7, 11) is 0.